The number of ether oxygens (including phenoxy) is 1. The van der Waals surface area contributed by atoms with Crippen LogP contribution in [0.2, 0.25) is 0 Å². The Morgan fingerprint density at radius 3 is 2.68 bits per heavy atom. The molecule has 2 atom stereocenters. The van der Waals surface area contributed by atoms with E-state index in [4.69, 9.17) is 16.3 Å². The molecule has 0 heterocycles. The van der Waals surface area contributed by atoms with Gasteiger partial charge in [0, 0.05) is 7.11 Å². The average Bonchev–Trinajstić information content (AvgIpc) is 2.41. The van der Waals surface area contributed by atoms with Crippen LogP contribution in [0.1, 0.15) is 36.6 Å². The number of benzene rings is 1. The van der Waals surface area contributed by atoms with Gasteiger partial charge < -0.3 is 10.1 Å². The molecule has 1 amide bonds. The molecule has 4 heteroatoms. The van der Waals surface area contributed by atoms with Crippen molar-refractivity contribution < 1.29 is 9.53 Å². The summed E-state index contributed by atoms with van der Waals surface area (Å²) in [6.45, 7) is 6.12. The van der Waals surface area contributed by atoms with E-state index in [1.54, 1.807) is 7.11 Å². The van der Waals surface area contributed by atoms with Crippen LogP contribution in [0.4, 0.5) is 0 Å². The molecule has 19 heavy (non-hydrogen) atoms. The zero-order valence-corrected chi connectivity index (χ0v) is 12.8. The zero-order chi connectivity index (χ0) is 14.4. The van der Waals surface area contributed by atoms with E-state index >= 15 is 0 Å². The molecule has 1 N–H and O–H groups in total. The Morgan fingerprint density at radius 2 is 2.16 bits per heavy atom. The standard InChI is InChI=1S/C15H22ClNO2/c1-5-12-8-6-7-10(2)14(12)15(19-4)11(3)17-13(18)9-16/h6-8,11,15H,5,9H2,1-4H3,(H,17,18). The van der Waals surface area contributed by atoms with Gasteiger partial charge in [-0.1, -0.05) is 25.1 Å². The van der Waals surface area contributed by atoms with E-state index < -0.39 is 0 Å². The molecule has 106 valence electrons. The summed E-state index contributed by atoms with van der Waals surface area (Å²) in [5.74, 6) is -0.210. The first-order valence-electron chi connectivity index (χ1n) is 6.51. The topological polar surface area (TPSA) is 38.3 Å². The van der Waals surface area contributed by atoms with Crippen molar-refractivity contribution in [3.8, 4) is 0 Å². The third-order valence-electron chi connectivity index (χ3n) is 3.30. The number of hydrogen-bond donors (Lipinski definition) is 1. The molecule has 1 aromatic carbocycles. The number of alkyl halides is 1. The largest absolute Gasteiger partial charge is 0.375 e. The van der Waals surface area contributed by atoms with Crippen molar-refractivity contribution in [1.29, 1.82) is 0 Å². The summed E-state index contributed by atoms with van der Waals surface area (Å²) in [6.07, 6.45) is 0.774. The molecule has 2 unspecified atom stereocenters. The molecule has 0 radical (unpaired) electrons. The molecule has 0 saturated heterocycles. The number of rotatable bonds is 6. The van der Waals surface area contributed by atoms with Crippen LogP contribution in [0.5, 0.6) is 0 Å². The molecule has 3 nitrogen and oxygen atoms in total. The van der Waals surface area contributed by atoms with Crippen LogP contribution in [-0.4, -0.2) is 24.9 Å². The highest BCUT2D eigenvalue weighted by molar-refractivity contribution is 6.27. The quantitative estimate of drug-likeness (QED) is 0.815. The van der Waals surface area contributed by atoms with Crippen molar-refractivity contribution >= 4 is 17.5 Å². The lowest BCUT2D eigenvalue weighted by Crippen LogP contribution is -2.39. The van der Waals surface area contributed by atoms with E-state index in [-0.39, 0.29) is 23.9 Å². The number of aryl methyl sites for hydroxylation is 2. The fourth-order valence-electron chi connectivity index (χ4n) is 2.40. The molecule has 1 aromatic rings. The highest BCUT2D eigenvalue weighted by Gasteiger charge is 2.23. The Labute approximate surface area is 120 Å². The number of carbonyl (C=O) groups excluding carboxylic acids is 1. The van der Waals surface area contributed by atoms with Crippen LogP contribution in [0, 0.1) is 6.92 Å². The Morgan fingerprint density at radius 1 is 1.47 bits per heavy atom. The maximum Gasteiger partial charge on any atom is 0.235 e. The van der Waals surface area contributed by atoms with Crippen LogP contribution in [0.3, 0.4) is 0 Å². The zero-order valence-electron chi connectivity index (χ0n) is 12.0. The normalized spacial score (nSPS) is 13.9. The van der Waals surface area contributed by atoms with E-state index in [0.29, 0.717) is 0 Å². The summed E-state index contributed by atoms with van der Waals surface area (Å²) < 4.78 is 5.61. The first-order chi connectivity index (χ1) is 9.04. The molecule has 0 bridgehead atoms. The molecule has 0 saturated carbocycles. The van der Waals surface area contributed by atoms with Crippen molar-refractivity contribution in [2.45, 2.75) is 39.3 Å². The SMILES string of the molecule is CCc1cccc(C)c1C(OC)C(C)NC(=O)CCl. The van der Waals surface area contributed by atoms with Crippen molar-refractivity contribution in [3.05, 3.63) is 34.9 Å². The maximum atomic E-state index is 11.4. The minimum atomic E-state index is -0.178. The van der Waals surface area contributed by atoms with Gasteiger partial charge in [-0.2, -0.15) is 0 Å². The third-order valence-corrected chi connectivity index (χ3v) is 3.54. The molecule has 0 aliphatic heterocycles. The van der Waals surface area contributed by atoms with Gasteiger partial charge in [-0.05, 0) is 37.0 Å². The number of amides is 1. The predicted octanol–water partition coefficient (Wildman–Crippen LogP) is 2.99. The minimum absolute atomic E-state index is 0.0326. The van der Waals surface area contributed by atoms with Crippen molar-refractivity contribution in [2.24, 2.45) is 0 Å². The van der Waals surface area contributed by atoms with Crippen LogP contribution in [0.15, 0.2) is 18.2 Å². The van der Waals surface area contributed by atoms with Crippen LogP contribution in [-0.2, 0) is 16.0 Å². The van der Waals surface area contributed by atoms with Gasteiger partial charge in [0.25, 0.3) is 0 Å². The molecular formula is C15H22ClNO2. The lowest BCUT2D eigenvalue weighted by molar-refractivity contribution is -0.120. The van der Waals surface area contributed by atoms with E-state index in [1.165, 1.54) is 11.1 Å². The maximum absolute atomic E-state index is 11.4. The lowest BCUT2D eigenvalue weighted by Gasteiger charge is -2.27. The Balaban J connectivity index is 3.06. The van der Waals surface area contributed by atoms with Gasteiger partial charge in [-0.3, -0.25) is 4.79 Å². The smallest absolute Gasteiger partial charge is 0.235 e. The first-order valence-corrected chi connectivity index (χ1v) is 7.05. The predicted molar refractivity (Wildman–Crippen MR) is 78.6 cm³/mol. The summed E-state index contributed by atoms with van der Waals surface area (Å²) in [4.78, 5) is 11.4. The number of halogens is 1. The van der Waals surface area contributed by atoms with Gasteiger partial charge in [-0.25, -0.2) is 0 Å². The van der Waals surface area contributed by atoms with E-state index in [2.05, 4.69) is 31.3 Å². The minimum Gasteiger partial charge on any atom is -0.375 e. The summed E-state index contributed by atoms with van der Waals surface area (Å²) in [6, 6.07) is 6.09. The van der Waals surface area contributed by atoms with E-state index in [1.807, 2.05) is 13.0 Å². The molecule has 0 aliphatic rings. The fourth-order valence-corrected chi connectivity index (χ4v) is 2.47. The van der Waals surface area contributed by atoms with Crippen LogP contribution in [0.25, 0.3) is 0 Å². The Kier molecular flexibility index (Phi) is 6.32. The number of nitrogens with one attached hydrogen (secondary N) is 1. The first kappa shape index (κ1) is 16.0. The van der Waals surface area contributed by atoms with Crippen LogP contribution >= 0.6 is 11.6 Å². The monoisotopic (exact) mass is 283 g/mol. The Bertz CT molecular complexity index is 434. The molecule has 0 spiro atoms. The highest BCUT2D eigenvalue weighted by atomic mass is 35.5. The molecule has 0 aliphatic carbocycles. The van der Waals surface area contributed by atoms with Crippen molar-refractivity contribution in [1.82, 2.24) is 5.32 Å². The Hall–Kier alpha value is -1.06. The van der Waals surface area contributed by atoms with Gasteiger partial charge in [0.1, 0.15) is 12.0 Å². The van der Waals surface area contributed by atoms with Gasteiger partial charge in [0.05, 0.1) is 6.04 Å². The number of carbonyl (C=O) groups is 1. The molecule has 0 fully saturated rings. The summed E-state index contributed by atoms with van der Waals surface area (Å²) >= 11 is 5.53. The van der Waals surface area contributed by atoms with Crippen LogP contribution < -0.4 is 5.32 Å². The second-order valence-electron chi connectivity index (χ2n) is 4.65. The second kappa shape index (κ2) is 7.51. The van der Waals surface area contributed by atoms with Gasteiger partial charge in [-0.15, -0.1) is 11.6 Å². The lowest BCUT2D eigenvalue weighted by atomic mass is 9.92. The fraction of sp³-hybridized carbons (Fsp3) is 0.533. The molecule has 1 rings (SSSR count). The third kappa shape index (κ3) is 3.95. The summed E-state index contributed by atoms with van der Waals surface area (Å²) in [5.41, 5.74) is 3.59. The molecule has 0 aromatic heterocycles. The van der Waals surface area contributed by atoms with Crippen molar-refractivity contribution in [3.63, 3.8) is 0 Å². The van der Waals surface area contributed by atoms with E-state index in [9.17, 15) is 4.79 Å². The highest BCUT2D eigenvalue weighted by Crippen LogP contribution is 2.28. The van der Waals surface area contributed by atoms with Gasteiger partial charge >= 0.3 is 0 Å². The summed E-state index contributed by atoms with van der Waals surface area (Å²) in [7, 11) is 1.67. The van der Waals surface area contributed by atoms with Gasteiger partial charge in [0.15, 0.2) is 0 Å². The second-order valence-corrected chi connectivity index (χ2v) is 4.91. The molecular weight excluding hydrogens is 262 g/mol. The van der Waals surface area contributed by atoms with Gasteiger partial charge in [0.2, 0.25) is 5.91 Å². The van der Waals surface area contributed by atoms with Crippen molar-refractivity contribution in [2.75, 3.05) is 13.0 Å². The summed E-state index contributed by atoms with van der Waals surface area (Å²) in [5, 5.41) is 2.86. The number of hydrogen-bond acceptors (Lipinski definition) is 2. The average molecular weight is 284 g/mol. The number of methoxy groups -OCH3 is 1. The van der Waals surface area contributed by atoms with E-state index in [0.717, 1.165) is 12.0 Å².